The van der Waals surface area contributed by atoms with Gasteiger partial charge >= 0.3 is 0 Å². The normalized spacial score (nSPS) is 10.9. The van der Waals surface area contributed by atoms with Crippen molar-refractivity contribution >= 4 is 40.9 Å². The molecular weight excluding hydrogens is 326 g/mol. The van der Waals surface area contributed by atoms with Crippen molar-refractivity contribution < 1.29 is 9.18 Å². The molecule has 0 bridgehead atoms. The largest absolute Gasteiger partial charge is 0.321 e. The molecule has 0 aliphatic rings. The fraction of sp³-hybridized carbons (Fsp3) is 0. The molecule has 2 rings (SSSR count). The van der Waals surface area contributed by atoms with Gasteiger partial charge in [-0.1, -0.05) is 35.3 Å². The molecule has 0 heterocycles. The SMILES string of the molecule is N#C/C(=C\c1ccc(Cl)cc1)C(=O)Nc1ccc(F)c(Cl)c1. The van der Waals surface area contributed by atoms with Gasteiger partial charge in [-0.05, 0) is 42.0 Å². The number of carbonyl (C=O) groups excluding carboxylic acids is 1. The highest BCUT2D eigenvalue weighted by Gasteiger charge is 2.10. The number of nitriles is 1. The predicted molar refractivity (Wildman–Crippen MR) is 85.1 cm³/mol. The van der Waals surface area contributed by atoms with Gasteiger partial charge in [0.05, 0.1) is 5.02 Å². The molecule has 2 aromatic carbocycles. The highest BCUT2D eigenvalue weighted by Crippen LogP contribution is 2.20. The first-order chi connectivity index (χ1) is 10.5. The third kappa shape index (κ3) is 4.08. The van der Waals surface area contributed by atoms with Crippen LogP contribution in [0.15, 0.2) is 48.0 Å². The van der Waals surface area contributed by atoms with Crippen molar-refractivity contribution in [1.82, 2.24) is 0 Å². The number of nitrogens with zero attached hydrogens (tertiary/aromatic N) is 1. The second-order valence-electron chi connectivity index (χ2n) is 4.30. The summed E-state index contributed by atoms with van der Waals surface area (Å²) in [4.78, 5) is 12.0. The molecule has 0 fully saturated rings. The smallest absolute Gasteiger partial charge is 0.266 e. The average Bonchev–Trinajstić information content (AvgIpc) is 2.50. The van der Waals surface area contributed by atoms with Gasteiger partial charge in [-0.25, -0.2) is 4.39 Å². The monoisotopic (exact) mass is 334 g/mol. The third-order valence-corrected chi connectivity index (χ3v) is 3.27. The Morgan fingerprint density at radius 2 is 1.86 bits per heavy atom. The fourth-order valence-corrected chi connectivity index (χ4v) is 1.95. The van der Waals surface area contributed by atoms with Crippen LogP contribution in [0, 0.1) is 17.1 Å². The molecular formula is C16H9Cl2FN2O. The van der Waals surface area contributed by atoms with E-state index in [0.29, 0.717) is 16.3 Å². The first kappa shape index (κ1) is 16.0. The molecule has 0 saturated carbocycles. The molecule has 1 N–H and O–H groups in total. The number of nitrogens with one attached hydrogen (secondary N) is 1. The number of benzene rings is 2. The summed E-state index contributed by atoms with van der Waals surface area (Å²) in [5.41, 5.74) is 0.865. The van der Waals surface area contributed by atoms with Crippen LogP contribution in [0.3, 0.4) is 0 Å². The second-order valence-corrected chi connectivity index (χ2v) is 5.15. The Balaban J connectivity index is 2.20. The summed E-state index contributed by atoms with van der Waals surface area (Å²) in [5.74, 6) is -1.20. The zero-order valence-corrected chi connectivity index (χ0v) is 12.6. The highest BCUT2D eigenvalue weighted by atomic mass is 35.5. The van der Waals surface area contributed by atoms with E-state index < -0.39 is 11.7 Å². The first-order valence-electron chi connectivity index (χ1n) is 6.13. The van der Waals surface area contributed by atoms with Gasteiger partial charge in [-0.3, -0.25) is 4.79 Å². The van der Waals surface area contributed by atoms with E-state index in [0.717, 1.165) is 6.07 Å². The number of halogens is 3. The Labute approximate surface area is 136 Å². The van der Waals surface area contributed by atoms with Gasteiger partial charge in [0.15, 0.2) is 0 Å². The summed E-state index contributed by atoms with van der Waals surface area (Å²) in [6, 6.07) is 12.2. The molecule has 0 unspecified atom stereocenters. The van der Waals surface area contributed by atoms with Crippen molar-refractivity contribution in [2.24, 2.45) is 0 Å². The Kier molecular flexibility index (Phi) is 5.16. The van der Waals surface area contributed by atoms with Gasteiger partial charge in [0, 0.05) is 10.7 Å². The number of hydrogen-bond acceptors (Lipinski definition) is 2. The summed E-state index contributed by atoms with van der Waals surface area (Å²) in [7, 11) is 0. The van der Waals surface area contributed by atoms with E-state index in [2.05, 4.69) is 5.32 Å². The molecule has 0 aliphatic carbocycles. The van der Waals surface area contributed by atoms with Gasteiger partial charge in [0.2, 0.25) is 0 Å². The van der Waals surface area contributed by atoms with Gasteiger partial charge in [-0.2, -0.15) is 5.26 Å². The van der Waals surface area contributed by atoms with Crippen LogP contribution in [0.2, 0.25) is 10.0 Å². The lowest BCUT2D eigenvalue weighted by molar-refractivity contribution is -0.112. The van der Waals surface area contributed by atoms with E-state index in [1.807, 2.05) is 6.07 Å². The van der Waals surface area contributed by atoms with Crippen molar-refractivity contribution in [3.8, 4) is 6.07 Å². The highest BCUT2D eigenvalue weighted by molar-refractivity contribution is 6.31. The van der Waals surface area contributed by atoms with Gasteiger partial charge < -0.3 is 5.32 Å². The van der Waals surface area contributed by atoms with Gasteiger partial charge in [0.25, 0.3) is 5.91 Å². The molecule has 22 heavy (non-hydrogen) atoms. The van der Waals surface area contributed by atoms with Crippen LogP contribution in [-0.4, -0.2) is 5.91 Å². The van der Waals surface area contributed by atoms with Crippen LogP contribution < -0.4 is 5.32 Å². The fourth-order valence-electron chi connectivity index (χ4n) is 1.65. The quantitative estimate of drug-likeness (QED) is 0.654. The summed E-state index contributed by atoms with van der Waals surface area (Å²) in [5, 5.41) is 12.0. The first-order valence-corrected chi connectivity index (χ1v) is 6.89. The van der Waals surface area contributed by atoms with E-state index in [9.17, 15) is 9.18 Å². The minimum Gasteiger partial charge on any atom is -0.321 e. The maximum atomic E-state index is 13.1. The maximum absolute atomic E-state index is 13.1. The van der Waals surface area contributed by atoms with Crippen molar-refractivity contribution in [2.75, 3.05) is 5.32 Å². The average molecular weight is 335 g/mol. The molecule has 0 aliphatic heterocycles. The minimum atomic E-state index is -0.611. The molecule has 0 spiro atoms. The zero-order valence-electron chi connectivity index (χ0n) is 11.1. The molecule has 0 atom stereocenters. The Bertz CT molecular complexity index is 780. The maximum Gasteiger partial charge on any atom is 0.266 e. The summed E-state index contributed by atoms with van der Waals surface area (Å²) >= 11 is 11.4. The lowest BCUT2D eigenvalue weighted by Gasteiger charge is -2.05. The predicted octanol–water partition coefficient (Wildman–Crippen LogP) is 4.68. The molecule has 3 nitrogen and oxygen atoms in total. The molecule has 2 aromatic rings. The molecule has 0 radical (unpaired) electrons. The van der Waals surface area contributed by atoms with Crippen molar-refractivity contribution in [2.45, 2.75) is 0 Å². The summed E-state index contributed by atoms with van der Waals surface area (Å²) < 4.78 is 13.1. The lowest BCUT2D eigenvalue weighted by Crippen LogP contribution is -2.13. The minimum absolute atomic E-state index is 0.0947. The van der Waals surface area contributed by atoms with Crippen LogP contribution in [-0.2, 0) is 4.79 Å². The standard InChI is InChI=1S/C16H9Cl2FN2O/c17-12-3-1-10(2-4-12)7-11(9-20)16(22)21-13-5-6-15(19)14(18)8-13/h1-8H,(H,21,22)/b11-7+. The Morgan fingerprint density at radius 3 is 2.45 bits per heavy atom. The molecule has 6 heteroatoms. The van der Waals surface area contributed by atoms with Gasteiger partial charge in [-0.15, -0.1) is 0 Å². The van der Waals surface area contributed by atoms with E-state index in [1.54, 1.807) is 24.3 Å². The number of rotatable bonds is 3. The molecule has 110 valence electrons. The topological polar surface area (TPSA) is 52.9 Å². The van der Waals surface area contributed by atoms with Crippen LogP contribution in [0.5, 0.6) is 0 Å². The summed E-state index contributed by atoms with van der Waals surface area (Å²) in [6.45, 7) is 0. The number of carbonyl (C=O) groups is 1. The van der Waals surface area contributed by atoms with E-state index in [4.69, 9.17) is 28.5 Å². The van der Waals surface area contributed by atoms with Gasteiger partial charge in [0.1, 0.15) is 17.5 Å². The van der Waals surface area contributed by atoms with Crippen LogP contribution >= 0.6 is 23.2 Å². The lowest BCUT2D eigenvalue weighted by atomic mass is 10.1. The Hall–Kier alpha value is -2.35. The van der Waals surface area contributed by atoms with E-state index >= 15 is 0 Å². The number of amides is 1. The van der Waals surface area contributed by atoms with Crippen molar-refractivity contribution in [1.29, 1.82) is 5.26 Å². The summed E-state index contributed by atoms with van der Waals surface area (Å²) in [6.07, 6.45) is 1.43. The Morgan fingerprint density at radius 1 is 1.18 bits per heavy atom. The van der Waals surface area contributed by atoms with Crippen LogP contribution in [0.1, 0.15) is 5.56 Å². The number of hydrogen-bond donors (Lipinski definition) is 1. The molecule has 0 saturated heterocycles. The molecule has 1 amide bonds. The number of anilines is 1. The van der Waals surface area contributed by atoms with E-state index in [-0.39, 0.29) is 10.6 Å². The molecule has 0 aromatic heterocycles. The third-order valence-electron chi connectivity index (χ3n) is 2.72. The second kappa shape index (κ2) is 7.08. The van der Waals surface area contributed by atoms with Crippen LogP contribution in [0.4, 0.5) is 10.1 Å². The van der Waals surface area contributed by atoms with Crippen molar-refractivity contribution in [3.63, 3.8) is 0 Å². The van der Waals surface area contributed by atoms with Crippen LogP contribution in [0.25, 0.3) is 6.08 Å². The van der Waals surface area contributed by atoms with Crippen molar-refractivity contribution in [3.05, 3.63) is 69.5 Å². The van der Waals surface area contributed by atoms with E-state index in [1.165, 1.54) is 18.2 Å². The zero-order chi connectivity index (χ0) is 16.1.